The molecule has 1 saturated heterocycles. The summed E-state index contributed by atoms with van der Waals surface area (Å²) in [6.45, 7) is 6.46. The highest BCUT2D eigenvalue weighted by Gasteiger charge is 2.34. The lowest BCUT2D eigenvalue weighted by Crippen LogP contribution is -2.39. The van der Waals surface area contributed by atoms with Crippen molar-refractivity contribution in [2.75, 3.05) is 54.9 Å². The van der Waals surface area contributed by atoms with Crippen molar-refractivity contribution in [2.45, 2.75) is 13.1 Å². The zero-order valence-corrected chi connectivity index (χ0v) is 22.5. The first kappa shape index (κ1) is 28.9. The van der Waals surface area contributed by atoms with E-state index in [0.717, 1.165) is 31.3 Å². The van der Waals surface area contributed by atoms with Crippen molar-refractivity contribution in [1.82, 2.24) is 30.0 Å². The van der Waals surface area contributed by atoms with E-state index in [1.807, 2.05) is 6.92 Å². The standard InChI is InChI=1S/C27H27F4N9O2/c1-17-2-4-19(37-25(41)18-3-5-21(28)20(12-18)27(29,30)31)13-22(17)40(26-35-16-36-38-26)24-14-23(33-15-34-24)32-6-7-39-8-10-42-11-9-39/h2-5,12-16H,6-11H2,1H3,(H,37,41)(H,32,33,34)(H,35,36,38). The first-order valence-corrected chi connectivity index (χ1v) is 13.0. The maximum atomic E-state index is 13.7. The molecular weight excluding hydrogens is 558 g/mol. The zero-order valence-electron chi connectivity index (χ0n) is 22.5. The number of halogens is 4. The number of nitrogens with one attached hydrogen (secondary N) is 3. The van der Waals surface area contributed by atoms with Crippen LogP contribution in [0.25, 0.3) is 0 Å². The summed E-state index contributed by atoms with van der Waals surface area (Å²) in [4.78, 5) is 29.8. The number of nitrogens with zero attached hydrogens (tertiary/aromatic N) is 6. The Balaban J connectivity index is 1.39. The Morgan fingerprint density at radius 2 is 1.88 bits per heavy atom. The Labute approximate surface area is 237 Å². The number of benzene rings is 2. The lowest BCUT2D eigenvalue weighted by Gasteiger charge is -2.26. The SMILES string of the molecule is Cc1ccc(NC(=O)c2ccc(F)c(C(F)(F)F)c2)cc1N(c1cc(NCCN2CCOCC2)ncn1)c1ncn[nH]1. The van der Waals surface area contributed by atoms with Crippen molar-refractivity contribution in [3.8, 4) is 0 Å². The van der Waals surface area contributed by atoms with Crippen LogP contribution in [-0.4, -0.2) is 75.3 Å². The number of aromatic nitrogens is 5. The van der Waals surface area contributed by atoms with Gasteiger partial charge in [-0.1, -0.05) is 6.07 Å². The van der Waals surface area contributed by atoms with Crippen molar-refractivity contribution in [2.24, 2.45) is 0 Å². The zero-order chi connectivity index (χ0) is 29.7. The Morgan fingerprint density at radius 1 is 1.07 bits per heavy atom. The van der Waals surface area contributed by atoms with Crippen LogP contribution in [-0.2, 0) is 10.9 Å². The van der Waals surface area contributed by atoms with Crippen LogP contribution in [0.15, 0.2) is 55.1 Å². The van der Waals surface area contributed by atoms with Crippen molar-refractivity contribution in [3.63, 3.8) is 0 Å². The molecule has 1 aliphatic rings. The van der Waals surface area contributed by atoms with Crippen molar-refractivity contribution >= 4 is 34.9 Å². The number of carbonyl (C=O) groups is 1. The fraction of sp³-hybridized carbons (Fsp3) is 0.296. The molecule has 42 heavy (non-hydrogen) atoms. The van der Waals surface area contributed by atoms with E-state index < -0.39 is 23.5 Å². The van der Waals surface area contributed by atoms with Crippen molar-refractivity contribution in [3.05, 3.63) is 77.6 Å². The van der Waals surface area contributed by atoms with Crippen molar-refractivity contribution < 1.29 is 27.1 Å². The molecular formula is C27H27F4N9O2. The second-order valence-corrected chi connectivity index (χ2v) is 9.43. The summed E-state index contributed by atoms with van der Waals surface area (Å²) in [5.41, 5.74) is -0.264. The number of aryl methyl sites for hydroxylation is 1. The first-order valence-electron chi connectivity index (χ1n) is 13.0. The third-order valence-corrected chi connectivity index (χ3v) is 6.58. The topological polar surface area (TPSA) is 124 Å². The molecule has 0 radical (unpaired) electrons. The Kier molecular flexibility index (Phi) is 8.59. The Morgan fingerprint density at radius 3 is 2.62 bits per heavy atom. The molecule has 0 aliphatic carbocycles. The summed E-state index contributed by atoms with van der Waals surface area (Å²) < 4.78 is 58.6. The van der Waals surface area contributed by atoms with Crippen LogP contribution in [0.3, 0.4) is 0 Å². The molecule has 0 spiro atoms. The summed E-state index contributed by atoms with van der Waals surface area (Å²) in [5, 5.41) is 12.7. The summed E-state index contributed by atoms with van der Waals surface area (Å²) >= 11 is 0. The normalized spacial score (nSPS) is 14.0. The largest absolute Gasteiger partial charge is 0.419 e. The lowest BCUT2D eigenvalue weighted by atomic mass is 10.1. The molecule has 3 heterocycles. The lowest BCUT2D eigenvalue weighted by molar-refractivity contribution is -0.140. The molecule has 4 aromatic rings. The number of hydrogen-bond donors (Lipinski definition) is 3. The van der Waals surface area contributed by atoms with Gasteiger partial charge >= 0.3 is 6.18 Å². The smallest absolute Gasteiger partial charge is 0.379 e. The maximum absolute atomic E-state index is 13.7. The minimum Gasteiger partial charge on any atom is -0.379 e. The van der Waals surface area contributed by atoms with Gasteiger partial charge in [-0.15, -0.1) is 0 Å². The van der Waals surface area contributed by atoms with Gasteiger partial charge in [0.2, 0.25) is 5.95 Å². The number of amides is 1. The van der Waals surface area contributed by atoms with Gasteiger partial charge in [0.1, 0.15) is 30.1 Å². The van der Waals surface area contributed by atoms with E-state index in [9.17, 15) is 22.4 Å². The van der Waals surface area contributed by atoms with Gasteiger partial charge in [-0.2, -0.15) is 23.3 Å². The molecule has 1 fully saturated rings. The van der Waals surface area contributed by atoms with E-state index in [1.165, 1.54) is 12.7 Å². The van der Waals surface area contributed by atoms with Gasteiger partial charge in [0.05, 0.1) is 24.5 Å². The van der Waals surface area contributed by atoms with Crippen LogP contribution in [0.1, 0.15) is 21.5 Å². The van der Waals surface area contributed by atoms with Crippen LogP contribution < -0.4 is 15.5 Å². The molecule has 1 amide bonds. The van der Waals surface area contributed by atoms with Gasteiger partial charge in [0.15, 0.2) is 0 Å². The second-order valence-electron chi connectivity index (χ2n) is 9.43. The number of H-pyrrole nitrogens is 1. The minimum absolute atomic E-state index is 0.279. The van der Waals surface area contributed by atoms with E-state index in [-0.39, 0.29) is 11.3 Å². The van der Waals surface area contributed by atoms with Gasteiger partial charge < -0.3 is 15.4 Å². The predicted octanol–water partition coefficient (Wildman–Crippen LogP) is 4.53. The molecule has 5 rings (SSSR count). The van der Waals surface area contributed by atoms with Crippen LogP contribution in [0.4, 0.5) is 46.5 Å². The molecule has 2 aromatic carbocycles. The van der Waals surface area contributed by atoms with Gasteiger partial charge in [-0.3, -0.25) is 14.6 Å². The Hall–Kier alpha value is -4.63. The summed E-state index contributed by atoms with van der Waals surface area (Å²) in [6.07, 6.45) is -2.20. The molecule has 0 saturated carbocycles. The summed E-state index contributed by atoms with van der Waals surface area (Å²) in [6, 6.07) is 8.77. The average molecular weight is 586 g/mol. The molecule has 0 unspecified atom stereocenters. The molecule has 3 N–H and O–H groups in total. The van der Waals surface area contributed by atoms with Crippen LogP contribution in [0.5, 0.6) is 0 Å². The molecule has 220 valence electrons. The van der Waals surface area contributed by atoms with Crippen LogP contribution in [0.2, 0.25) is 0 Å². The van der Waals surface area contributed by atoms with E-state index >= 15 is 0 Å². The molecule has 0 atom stereocenters. The fourth-order valence-electron chi connectivity index (χ4n) is 4.40. The van der Waals surface area contributed by atoms with Gasteiger partial charge in [0, 0.05) is 43.5 Å². The number of morpholine rings is 1. The van der Waals surface area contributed by atoms with E-state index in [2.05, 4.69) is 40.7 Å². The first-order chi connectivity index (χ1) is 20.2. The average Bonchev–Trinajstić information content (AvgIpc) is 3.50. The van der Waals surface area contributed by atoms with Gasteiger partial charge in [-0.25, -0.2) is 19.5 Å². The summed E-state index contributed by atoms with van der Waals surface area (Å²) in [7, 11) is 0. The number of carbonyl (C=O) groups excluding carboxylic acids is 1. The van der Waals surface area contributed by atoms with Gasteiger partial charge in [-0.05, 0) is 42.8 Å². The van der Waals surface area contributed by atoms with E-state index in [1.54, 1.807) is 29.2 Å². The third-order valence-electron chi connectivity index (χ3n) is 6.58. The number of aromatic amines is 1. The van der Waals surface area contributed by atoms with Gasteiger partial charge in [0.25, 0.3) is 5.91 Å². The number of rotatable bonds is 9. The highest BCUT2D eigenvalue weighted by Crippen LogP contribution is 2.36. The number of ether oxygens (including phenoxy) is 1. The monoisotopic (exact) mass is 585 g/mol. The number of anilines is 5. The molecule has 2 aromatic heterocycles. The summed E-state index contributed by atoms with van der Waals surface area (Å²) in [5.74, 6) is -0.949. The van der Waals surface area contributed by atoms with Crippen LogP contribution >= 0.6 is 0 Å². The number of hydrogen-bond acceptors (Lipinski definition) is 9. The quantitative estimate of drug-likeness (QED) is 0.243. The van der Waals surface area contributed by atoms with Crippen LogP contribution in [0, 0.1) is 12.7 Å². The third kappa shape index (κ3) is 6.80. The second kappa shape index (κ2) is 12.5. The van der Waals surface area contributed by atoms with E-state index in [0.29, 0.717) is 55.2 Å². The fourth-order valence-corrected chi connectivity index (χ4v) is 4.40. The molecule has 0 bridgehead atoms. The highest BCUT2D eigenvalue weighted by atomic mass is 19.4. The van der Waals surface area contributed by atoms with E-state index in [4.69, 9.17) is 4.74 Å². The molecule has 15 heteroatoms. The molecule has 11 nitrogen and oxygen atoms in total. The maximum Gasteiger partial charge on any atom is 0.419 e. The molecule has 1 aliphatic heterocycles. The van der Waals surface area contributed by atoms with Crippen molar-refractivity contribution in [1.29, 1.82) is 0 Å². The predicted molar refractivity (Wildman–Crippen MR) is 146 cm³/mol. The highest BCUT2D eigenvalue weighted by molar-refractivity contribution is 6.04. The minimum atomic E-state index is -4.94. The Bertz CT molecular complexity index is 1530. The number of alkyl halides is 3.